The lowest BCUT2D eigenvalue weighted by molar-refractivity contribution is -0.141. The minimum Gasteiger partial charge on any atom is -0.282 e. The molecule has 1 aromatic heterocycles. The van der Waals surface area contributed by atoms with Gasteiger partial charge >= 0.3 is 0 Å². The van der Waals surface area contributed by atoms with Gasteiger partial charge in [-0.2, -0.15) is 0 Å². The zero-order valence-corrected chi connectivity index (χ0v) is 17.9. The Kier molecular flexibility index (Phi) is 7.54. The Bertz CT molecular complexity index is 589. The summed E-state index contributed by atoms with van der Waals surface area (Å²) < 4.78 is 1.88. The Hall–Kier alpha value is -1.72. The van der Waals surface area contributed by atoms with Crippen molar-refractivity contribution >= 4 is 11.8 Å². The summed E-state index contributed by atoms with van der Waals surface area (Å²) in [6.07, 6.45) is 2.40. The van der Waals surface area contributed by atoms with E-state index in [4.69, 9.17) is 0 Å². The summed E-state index contributed by atoms with van der Waals surface area (Å²) >= 11 is 0. The highest BCUT2D eigenvalue weighted by Gasteiger charge is 2.41. The van der Waals surface area contributed by atoms with Gasteiger partial charge in [0.05, 0.1) is 5.69 Å². The van der Waals surface area contributed by atoms with Crippen LogP contribution >= 0.6 is 0 Å². The van der Waals surface area contributed by atoms with E-state index in [2.05, 4.69) is 38.0 Å². The fraction of sp³-hybridized carbons (Fsp3) is 0.800. The maximum Gasteiger partial charge on any atom is 0.233 e. The Morgan fingerprint density at radius 2 is 1.69 bits per heavy atom. The fourth-order valence-electron chi connectivity index (χ4n) is 2.68. The van der Waals surface area contributed by atoms with Gasteiger partial charge in [0.15, 0.2) is 0 Å². The number of carbonyl (C=O) groups excluding carboxylic acids is 2. The van der Waals surface area contributed by atoms with E-state index >= 15 is 0 Å². The number of likely N-dealkylation sites (tertiary alicyclic amines) is 1. The molecule has 0 aromatic carbocycles. The van der Waals surface area contributed by atoms with Crippen LogP contribution in [0.25, 0.3) is 0 Å². The number of hydrogen-bond acceptors (Lipinski definition) is 4. The standard InChI is InChI=1S/C12H21NO2.C8H15N3/c1-8(2)9-6-10(14)13(11(9)15)7-12(3,4)5;1-6(2)8-5-11(7(3)4)10-9-8/h8-9H,6-7H2,1-5H3;5-7H,1-4H3. The van der Waals surface area contributed by atoms with Gasteiger partial charge in [-0.15, -0.1) is 5.10 Å². The van der Waals surface area contributed by atoms with Gasteiger partial charge in [-0.05, 0) is 31.1 Å². The molecule has 0 spiro atoms. The highest BCUT2D eigenvalue weighted by Crippen LogP contribution is 2.29. The molecule has 1 fully saturated rings. The largest absolute Gasteiger partial charge is 0.282 e. The average molecular weight is 365 g/mol. The molecule has 0 radical (unpaired) electrons. The third-order valence-electron chi connectivity index (χ3n) is 4.36. The van der Waals surface area contributed by atoms with Crippen LogP contribution in [0.4, 0.5) is 0 Å². The lowest BCUT2D eigenvalue weighted by atomic mass is 9.94. The molecule has 1 aliphatic heterocycles. The summed E-state index contributed by atoms with van der Waals surface area (Å²) in [6.45, 7) is 19.1. The molecule has 6 heteroatoms. The lowest BCUT2D eigenvalue weighted by Gasteiger charge is -2.25. The second-order valence-corrected chi connectivity index (χ2v) is 9.31. The van der Waals surface area contributed by atoms with Crippen LogP contribution < -0.4 is 0 Å². The van der Waals surface area contributed by atoms with Gasteiger partial charge in [-0.25, -0.2) is 4.68 Å². The monoisotopic (exact) mass is 364 g/mol. The van der Waals surface area contributed by atoms with Crippen LogP contribution in [0, 0.1) is 17.3 Å². The normalized spacial score (nSPS) is 18.2. The van der Waals surface area contributed by atoms with E-state index in [0.717, 1.165) is 5.69 Å². The number of rotatable bonds is 4. The van der Waals surface area contributed by atoms with E-state index in [1.165, 1.54) is 4.90 Å². The maximum atomic E-state index is 11.9. The molecule has 1 aliphatic rings. The minimum absolute atomic E-state index is 0.00590. The Labute approximate surface area is 158 Å². The average Bonchev–Trinajstić information content (AvgIpc) is 3.07. The third-order valence-corrected chi connectivity index (χ3v) is 4.36. The van der Waals surface area contributed by atoms with Crippen LogP contribution in [0.15, 0.2) is 6.20 Å². The lowest BCUT2D eigenvalue weighted by Crippen LogP contribution is -2.38. The molecule has 1 atom stereocenters. The number of nitrogens with zero attached hydrogens (tertiary/aromatic N) is 4. The molecular weight excluding hydrogens is 328 g/mol. The summed E-state index contributed by atoms with van der Waals surface area (Å²) in [5.74, 6) is 0.646. The first-order valence-corrected chi connectivity index (χ1v) is 9.59. The molecule has 148 valence electrons. The summed E-state index contributed by atoms with van der Waals surface area (Å²) in [6, 6.07) is 0.412. The van der Waals surface area contributed by atoms with Crippen LogP contribution in [0.2, 0.25) is 0 Å². The van der Waals surface area contributed by atoms with Crippen LogP contribution in [0.3, 0.4) is 0 Å². The van der Waals surface area contributed by atoms with E-state index in [1.807, 2.05) is 45.5 Å². The third kappa shape index (κ3) is 6.22. The number of carbonyl (C=O) groups is 2. The summed E-state index contributed by atoms with van der Waals surface area (Å²) in [7, 11) is 0. The molecule has 2 rings (SSSR count). The minimum atomic E-state index is -0.0974. The van der Waals surface area contributed by atoms with Crippen LogP contribution in [0.1, 0.15) is 86.4 Å². The number of hydrogen-bond donors (Lipinski definition) is 0. The number of aromatic nitrogens is 3. The summed E-state index contributed by atoms with van der Waals surface area (Å²) in [5, 5.41) is 8.05. The second-order valence-electron chi connectivity index (χ2n) is 9.31. The van der Waals surface area contributed by atoms with Gasteiger partial charge in [0, 0.05) is 31.1 Å². The second kappa shape index (κ2) is 8.78. The number of imide groups is 1. The molecular formula is C20H36N4O2. The SMILES string of the molecule is CC(C)C1CC(=O)N(CC(C)(C)C)C1=O.CC(C)c1cn(C(C)C)nn1. The van der Waals surface area contributed by atoms with Gasteiger partial charge in [0.1, 0.15) is 0 Å². The van der Waals surface area contributed by atoms with Crippen molar-refractivity contribution in [1.29, 1.82) is 0 Å². The Morgan fingerprint density at radius 3 is 2.00 bits per heavy atom. The van der Waals surface area contributed by atoms with Crippen molar-refractivity contribution in [3.05, 3.63) is 11.9 Å². The molecule has 6 nitrogen and oxygen atoms in total. The van der Waals surface area contributed by atoms with Crippen molar-refractivity contribution in [2.24, 2.45) is 17.3 Å². The fourth-order valence-corrected chi connectivity index (χ4v) is 2.68. The zero-order valence-electron chi connectivity index (χ0n) is 17.9. The highest BCUT2D eigenvalue weighted by atomic mass is 16.2. The predicted molar refractivity (Wildman–Crippen MR) is 104 cm³/mol. The van der Waals surface area contributed by atoms with Gasteiger partial charge in [-0.1, -0.05) is 53.7 Å². The Morgan fingerprint density at radius 1 is 1.12 bits per heavy atom. The topological polar surface area (TPSA) is 68.1 Å². The van der Waals surface area contributed by atoms with Gasteiger partial charge in [0.2, 0.25) is 11.8 Å². The van der Waals surface area contributed by atoms with Gasteiger partial charge in [-0.3, -0.25) is 14.5 Å². The molecule has 0 saturated carbocycles. The van der Waals surface area contributed by atoms with E-state index in [9.17, 15) is 9.59 Å². The molecule has 2 heterocycles. The summed E-state index contributed by atoms with van der Waals surface area (Å²) in [4.78, 5) is 25.1. The van der Waals surface area contributed by atoms with E-state index in [0.29, 0.717) is 24.9 Å². The van der Waals surface area contributed by atoms with Crippen LogP contribution in [-0.4, -0.2) is 38.3 Å². The highest BCUT2D eigenvalue weighted by molar-refractivity contribution is 6.03. The van der Waals surface area contributed by atoms with Crippen LogP contribution in [0.5, 0.6) is 0 Å². The molecule has 1 saturated heterocycles. The Balaban J connectivity index is 0.000000273. The van der Waals surface area contributed by atoms with Crippen molar-refractivity contribution in [2.45, 2.75) is 80.7 Å². The first-order valence-electron chi connectivity index (χ1n) is 9.59. The first-order chi connectivity index (χ1) is 11.8. The van der Waals surface area contributed by atoms with Crippen molar-refractivity contribution in [3.63, 3.8) is 0 Å². The van der Waals surface area contributed by atoms with Crippen molar-refractivity contribution in [2.75, 3.05) is 6.54 Å². The van der Waals surface area contributed by atoms with Gasteiger partial charge < -0.3 is 0 Å². The molecule has 0 N–H and O–H groups in total. The quantitative estimate of drug-likeness (QED) is 0.756. The predicted octanol–water partition coefficient (Wildman–Crippen LogP) is 4.05. The van der Waals surface area contributed by atoms with E-state index in [-0.39, 0.29) is 29.1 Å². The van der Waals surface area contributed by atoms with Crippen LogP contribution in [-0.2, 0) is 9.59 Å². The van der Waals surface area contributed by atoms with E-state index < -0.39 is 0 Å². The molecule has 1 aromatic rings. The molecule has 1 unspecified atom stereocenters. The zero-order chi connectivity index (χ0) is 20.2. The number of amides is 2. The summed E-state index contributed by atoms with van der Waals surface area (Å²) in [5.41, 5.74) is 1.05. The van der Waals surface area contributed by atoms with E-state index in [1.54, 1.807) is 0 Å². The van der Waals surface area contributed by atoms with Crippen molar-refractivity contribution in [1.82, 2.24) is 19.9 Å². The smallest absolute Gasteiger partial charge is 0.233 e. The van der Waals surface area contributed by atoms with Gasteiger partial charge in [0.25, 0.3) is 0 Å². The molecule has 2 amide bonds. The van der Waals surface area contributed by atoms with Crippen molar-refractivity contribution < 1.29 is 9.59 Å². The molecule has 0 aliphatic carbocycles. The molecule has 26 heavy (non-hydrogen) atoms. The molecule has 0 bridgehead atoms. The first kappa shape index (κ1) is 22.3. The maximum absolute atomic E-state index is 11.9. The van der Waals surface area contributed by atoms with Crippen molar-refractivity contribution in [3.8, 4) is 0 Å².